The van der Waals surface area contributed by atoms with Crippen LogP contribution in [0.5, 0.6) is 0 Å². The molecule has 2 rings (SSSR count). The topological polar surface area (TPSA) is 73.6 Å². The molecule has 1 amide bonds. The highest BCUT2D eigenvalue weighted by molar-refractivity contribution is 5.85. The van der Waals surface area contributed by atoms with E-state index in [4.69, 9.17) is 15.2 Å². The third-order valence-corrected chi connectivity index (χ3v) is 3.19. The van der Waals surface area contributed by atoms with Gasteiger partial charge in [-0.3, -0.25) is 10.1 Å². The summed E-state index contributed by atoms with van der Waals surface area (Å²) in [5.41, 5.74) is 4.73. The Kier molecular flexibility index (Phi) is 3.23. The molecular weight excluding hydrogens is 196 g/mol. The molecule has 86 valence electrons. The molecule has 2 aliphatic heterocycles. The van der Waals surface area contributed by atoms with E-state index in [1.807, 2.05) is 0 Å². The molecule has 2 heterocycles. The van der Waals surface area contributed by atoms with Gasteiger partial charge in [-0.05, 0) is 12.8 Å². The summed E-state index contributed by atoms with van der Waals surface area (Å²) in [4.78, 5) is 11.4. The quantitative estimate of drug-likeness (QED) is 0.655. The minimum Gasteiger partial charge on any atom is -0.379 e. The zero-order chi connectivity index (χ0) is 10.7. The summed E-state index contributed by atoms with van der Waals surface area (Å²) in [6.07, 6.45) is 3.05. The summed E-state index contributed by atoms with van der Waals surface area (Å²) >= 11 is 0. The molecule has 0 saturated carbocycles. The van der Waals surface area contributed by atoms with Crippen LogP contribution in [0.2, 0.25) is 0 Å². The van der Waals surface area contributed by atoms with Crippen molar-refractivity contribution in [1.29, 1.82) is 0 Å². The Hall–Kier alpha value is -0.650. The predicted molar refractivity (Wildman–Crippen MR) is 54.3 cm³/mol. The zero-order valence-corrected chi connectivity index (χ0v) is 8.83. The van der Waals surface area contributed by atoms with Crippen LogP contribution in [-0.4, -0.2) is 43.9 Å². The molecule has 2 unspecified atom stereocenters. The van der Waals surface area contributed by atoms with Crippen LogP contribution in [0.4, 0.5) is 0 Å². The first kappa shape index (κ1) is 10.9. The number of hydrogen-bond acceptors (Lipinski definition) is 4. The molecule has 0 radical (unpaired) electrons. The fourth-order valence-electron chi connectivity index (χ4n) is 2.10. The van der Waals surface area contributed by atoms with Gasteiger partial charge in [0, 0.05) is 26.2 Å². The van der Waals surface area contributed by atoms with E-state index in [2.05, 4.69) is 5.32 Å². The number of amides is 1. The molecule has 5 heteroatoms. The summed E-state index contributed by atoms with van der Waals surface area (Å²) < 4.78 is 10.7. The van der Waals surface area contributed by atoms with Crippen molar-refractivity contribution >= 4 is 5.91 Å². The third-order valence-electron chi connectivity index (χ3n) is 3.19. The van der Waals surface area contributed by atoms with Gasteiger partial charge >= 0.3 is 0 Å². The van der Waals surface area contributed by atoms with E-state index >= 15 is 0 Å². The second-order valence-corrected chi connectivity index (χ2v) is 4.26. The summed E-state index contributed by atoms with van der Waals surface area (Å²) in [7, 11) is 0. The van der Waals surface area contributed by atoms with Gasteiger partial charge in [0.2, 0.25) is 5.91 Å². The monoisotopic (exact) mass is 214 g/mol. The highest BCUT2D eigenvalue weighted by Crippen LogP contribution is 2.19. The third kappa shape index (κ3) is 2.30. The Bertz CT molecular complexity index is 233. The molecule has 0 aliphatic carbocycles. The number of rotatable bonds is 4. The number of nitrogens with two attached hydrogens (primary N) is 1. The van der Waals surface area contributed by atoms with E-state index in [1.54, 1.807) is 0 Å². The van der Waals surface area contributed by atoms with Crippen molar-refractivity contribution in [2.24, 2.45) is 5.73 Å². The summed E-state index contributed by atoms with van der Waals surface area (Å²) in [6.45, 7) is 2.50. The molecule has 0 aromatic heterocycles. The molecule has 15 heavy (non-hydrogen) atoms. The van der Waals surface area contributed by atoms with Gasteiger partial charge in [-0.15, -0.1) is 0 Å². The Morgan fingerprint density at radius 1 is 1.53 bits per heavy atom. The van der Waals surface area contributed by atoms with Crippen LogP contribution in [0.1, 0.15) is 19.3 Å². The SMILES string of the molecule is NC(=O)C1(NCC2CCCO2)CCOC1. The number of primary amides is 1. The van der Waals surface area contributed by atoms with Gasteiger partial charge in [0.1, 0.15) is 5.54 Å². The first-order valence-corrected chi connectivity index (χ1v) is 5.47. The largest absolute Gasteiger partial charge is 0.379 e. The molecule has 0 aromatic rings. The van der Waals surface area contributed by atoms with Crippen LogP contribution in [0, 0.1) is 0 Å². The molecule has 0 aromatic carbocycles. The maximum atomic E-state index is 11.4. The van der Waals surface area contributed by atoms with Crippen LogP contribution < -0.4 is 11.1 Å². The Balaban J connectivity index is 1.86. The molecule has 2 atom stereocenters. The van der Waals surface area contributed by atoms with E-state index in [-0.39, 0.29) is 12.0 Å². The minimum atomic E-state index is -0.661. The van der Waals surface area contributed by atoms with Gasteiger partial charge in [-0.1, -0.05) is 0 Å². The lowest BCUT2D eigenvalue weighted by Crippen LogP contribution is -2.57. The normalized spacial score (nSPS) is 35.9. The lowest BCUT2D eigenvalue weighted by atomic mass is 9.97. The van der Waals surface area contributed by atoms with Crippen molar-refractivity contribution in [2.45, 2.75) is 30.9 Å². The summed E-state index contributed by atoms with van der Waals surface area (Å²) in [6, 6.07) is 0. The van der Waals surface area contributed by atoms with Gasteiger partial charge in [-0.25, -0.2) is 0 Å². The minimum absolute atomic E-state index is 0.224. The summed E-state index contributed by atoms with van der Waals surface area (Å²) in [5, 5.41) is 3.21. The van der Waals surface area contributed by atoms with E-state index < -0.39 is 5.54 Å². The van der Waals surface area contributed by atoms with Crippen molar-refractivity contribution < 1.29 is 14.3 Å². The highest BCUT2D eigenvalue weighted by Gasteiger charge is 2.40. The van der Waals surface area contributed by atoms with Crippen LogP contribution in [0.15, 0.2) is 0 Å². The average Bonchev–Trinajstić information content (AvgIpc) is 2.87. The fraction of sp³-hybridized carbons (Fsp3) is 0.900. The maximum absolute atomic E-state index is 11.4. The summed E-state index contributed by atoms with van der Waals surface area (Å²) in [5.74, 6) is -0.321. The van der Waals surface area contributed by atoms with Crippen molar-refractivity contribution in [3.8, 4) is 0 Å². The van der Waals surface area contributed by atoms with Crippen molar-refractivity contribution in [3.05, 3.63) is 0 Å². The Labute approximate surface area is 89.3 Å². The van der Waals surface area contributed by atoms with Crippen LogP contribution in [-0.2, 0) is 14.3 Å². The number of hydrogen-bond donors (Lipinski definition) is 2. The molecule has 3 N–H and O–H groups in total. The van der Waals surface area contributed by atoms with Crippen LogP contribution in [0.25, 0.3) is 0 Å². The average molecular weight is 214 g/mol. The number of carbonyl (C=O) groups excluding carboxylic acids is 1. The lowest BCUT2D eigenvalue weighted by Gasteiger charge is -2.26. The fourth-order valence-corrected chi connectivity index (χ4v) is 2.10. The molecule has 0 spiro atoms. The van der Waals surface area contributed by atoms with Gasteiger partial charge < -0.3 is 15.2 Å². The van der Waals surface area contributed by atoms with Crippen molar-refractivity contribution in [1.82, 2.24) is 5.32 Å². The van der Waals surface area contributed by atoms with E-state index in [0.717, 1.165) is 19.4 Å². The van der Waals surface area contributed by atoms with Crippen molar-refractivity contribution in [2.75, 3.05) is 26.4 Å². The van der Waals surface area contributed by atoms with Gasteiger partial charge in [0.25, 0.3) is 0 Å². The Morgan fingerprint density at radius 2 is 2.40 bits per heavy atom. The van der Waals surface area contributed by atoms with Gasteiger partial charge in [0.15, 0.2) is 0 Å². The first-order chi connectivity index (χ1) is 7.23. The molecule has 0 bridgehead atoms. The maximum Gasteiger partial charge on any atom is 0.240 e. The predicted octanol–water partition coefficient (Wildman–Crippen LogP) is -0.601. The molecule has 2 aliphatic rings. The number of nitrogens with one attached hydrogen (secondary N) is 1. The Morgan fingerprint density at radius 3 is 2.93 bits per heavy atom. The number of carbonyl (C=O) groups is 1. The molecule has 5 nitrogen and oxygen atoms in total. The van der Waals surface area contributed by atoms with Gasteiger partial charge in [-0.2, -0.15) is 0 Å². The second-order valence-electron chi connectivity index (χ2n) is 4.26. The second kappa shape index (κ2) is 4.47. The van der Waals surface area contributed by atoms with Crippen LogP contribution in [0.3, 0.4) is 0 Å². The van der Waals surface area contributed by atoms with Gasteiger partial charge in [0.05, 0.1) is 12.7 Å². The van der Waals surface area contributed by atoms with E-state index in [1.165, 1.54) is 0 Å². The van der Waals surface area contributed by atoms with Crippen molar-refractivity contribution in [3.63, 3.8) is 0 Å². The first-order valence-electron chi connectivity index (χ1n) is 5.47. The molecule has 2 saturated heterocycles. The van der Waals surface area contributed by atoms with E-state index in [0.29, 0.717) is 26.2 Å². The molecular formula is C10H18N2O3. The highest BCUT2D eigenvalue weighted by atomic mass is 16.5. The standard InChI is InChI=1S/C10H18N2O3/c11-9(13)10(3-5-14-7-10)12-6-8-2-1-4-15-8/h8,12H,1-7H2,(H2,11,13). The smallest absolute Gasteiger partial charge is 0.240 e. The number of ether oxygens (including phenoxy) is 2. The lowest BCUT2D eigenvalue weighted by molar-refractivity contribution is -0.124. The molecule has 2 fully saturated rings. The van der Waals surface area contributed by atoms with Crippen LogP contribution >= 0.6 is 0 Å². The zero-order valence-electron chi connectivity index (χ0n) is 8.83. The van der Waals surface area contributed by atoms with E-state index in [9.17, 15) is 4.79 Å².